The first kappa shape index (κ1) is 24.8. The van der Waals surface area contributed by atoms with E-state index in [1.165, 1.54) is 71.3 Å². The van der Waals surface area contributed by atoms with Crippen LogP contribution in [0.5, 0.6) is 0 Å². The van der Waals surface area contributed by atoms with Crippen LogP contribution in [-0.2, 0) is 5.41 Å². The topological polar surface area (TPSA) is 12.9 Å². The molecule has 1 heteroatoms. The van der Waals surface area contributed by atoms with Crippen LogP contribution in [0.3, 0.4) is 0 Å². The van der Waals surface area contributed by atoms with E-state index in [1.54, 1.807) is 0 Å². The van der Waals surface area contributed by atoms with Crippen LogP contribution in [-0.4, -0.2) is 4.98 Å². The summed E-state index contributed by atoms with van der Waals surface area (Å²) in [6.07, 6.45) is 9.54. The summed E-state index contributed by atoms with van der Waals surface area (Å²) in [5, 5.41) is 8.12. The van der Waals surface area contributed by atoms with Crippen LogP contribution >= 0.6 is 0 Å². The summed E-state index contributed by atoms with van der Waals surface area (Å²) in [4.78, 5) is 4.32. The average molecular weight is 518 g/mol. The molecule has 1 atom stereocenters. The second-order valence-electron chi connectivity index (χ2n) is 12.7. The first-order valence-corrected chi connectivity index (χ1v) is 14.4. The molecule has 0 N–H and O–H groups in total. The van der Waals surface area contributed by atoms with Gasteiger partial charge in [0.25, 0.3) is 0 Å². The Hall–Kier alpha value is -4.23. The molecule has 1 aliphatic rings. The molecule has 0 spiro atoms. The lowest BCUT2D eigenvalue weighted by Gasteiger charge is -2.25. The maximum atomic E-state index is 4.32. The fourth-order valence-electron chi connectivity index (χ4n) is 6.61. The minimum Gasteiger partial charge on any atom is -0.264 e. The third-order valence-electron chi connectivity index (χ3n) is 8.79. The van der Waals surface area contributed by atoms with Crippen molar-refractivity contribution in [3.05, 3.63) is 120 Å². The fourth-order valence-corrected chi connectivity index (χ4v) is 6.61. The van der Waals surface area contributed by atoms with E-state index >= 15 is 0 Å². The second-order valence-corrected chi connectivity index (χ2v) is 12.7. The van der Waals surface area contributed by atoms with Crippen molar-refractivity contribution in [1.82, 2.24) is 4.98 Å². The maximum Gasteiger partial charge on any atom is 0.0346 e. The summed E-state index contributed by atoms with van der Waals surface area (Å²) in [6.45, 7) is 11.5. The molecular formula is C39H35N. The summed E-state index contributed by atoms with van der Waals surface area (Å²) in [5.41, 5.74) is 10.6. The van der Waals surface area contributed by atoms with Gasteiger partial charge in [0.1, 0.15) is 0 Å². The average Bonchev–Trinajstić information content (AvgIpc) is 2.96. The normalized spacial score (nSPS) is 16.1. The molecular weight excluding hydrogens is 482 g/mol. The monoisotopic (exact) mass is 517 g/mol. The summed E-state index contributed by atoms with van der Waals surface area (Å²) in [6, 6.07) is 29.8. The van der Waals surface area contributed by atoms with E-state index in [2.05, 4.69) is 125 Å². The van der Waals surface area contributed by atoms with E-state index in [9.17, 15) is 0 Å². The van der Waals surface area contributed by atoms with Gasteiger partial charge in [-0.25, -0.2) is 0 Å². The van der Waals surface area contributed by atoms with Crippen molar-refractivity contribution in [3.63, 3.8) is 0 Å². The minimum absolute atomic E-state index is 0.101. The number of pyridine rings is 1. The Bertz CT molecular complexity index is 1930. The third-order valence-corrected chi connectivity index (χ3v) is 8.79. The molecule has 0 saturated carbocycles. The number of aromatic nitrogens is 1. The van der Waals surface area contributed by atoms with Crippen molar-refractivity contribution in [2.75, 3.05) is 0 Å². The van der Waals surface area contributed by atoms with Gasteiger partial charge in [0.2, 0.25) is 0 Å². The highest BCUT2D eigenvalue weighted by Gasteiger charge is 2.23. The first-order valence-electron chi connectivity index (χ1n) is 14.4. The molecule has 40 heavy (non-hydrogen) atoms. The quantitative estimate of drug-likeness (QED) is 0.213. The van der Waals surface area contributed by atoms with Gasteiger partial charge in [-0.1, -0.05) is 112 Å². The van der Waals surface area contributed by atoms with Gasteiger partial charge in [0, 0.05) is 12.4 Å². The summed E-state index contributed by atoms with van der Waals surface area (Å²) in [7, 11) is 0. The Morgan fingerprint density at radius 3 is 2.00 bits per heavy atom. The molecule has 7 rings (SSSR count). The van der Waals surface area contributed by atoms with E-state index in [0.29, 0.717) is 5.92 Å². The van der Waals surface area contributed by atoms with E-state index in [4.69, 9.17) is 0 Å². The molecule has 1 aliphatic carbocycles. The molecule has 0 amide bonds. The molecule has 1 unspecified atom stereocenters. The maximum absolute atomic E-state index is 4.32. The van der Waals surface area contributed by atoms with Crippen LogP contribution in [0.2, 0.25) is 0 Å². The molecule has 0 fully saturated rings. The Morgan fingerprint density at radius 2 is 1.38 bits per heavy atom. The summed E-state index contributed by atoms with van der Waals surface area (Å²) in [5.74, 6) is 0.483. The number of benzene rings is 5. The van der Waals surface area contributed by atoms with Gasteiger partial charge < -0.3 is 0 Å². The van der Waals surface area contributed by atoms with Crippen molar-refractivity contribution in [3.8, 4) is 22.3 Å². The van der Waals surface area contributed by atoms with Crippen LogP contribution in [0.1, 0.15) is 52.2 Å². The summed E-state index contributed by atoms with van der Waals surface area (Å²) < 4.78 is 0. The number of hydrogen-bond acceptors (Lipinski definition) is 1. The standard InChI is InChI=1S/C39H35N/c1-24-8-15-32(25(2)19-24)36-22-35(27-11-9-26(10-12-27)30-7-6-18-40-23-30)33-16-13-28-20-31(39(3,4)5)21-29-14-17-34(36)38(33)37(28)29/h6-18,20-23,25H,19H2,1-5H3. The van der Waals surface area contributed by atoms with Crippen molar-refractivity contribution >= 4 is 37.9 Å². The Labute approximate surface area is 237 Å². The lowest BCUT2D eigenvalue weighted by Crippen LogP contribution is -2.11. The predicted octanol–water partition coefficient (Wildman–Crippen LogP) is 11.0. The van der Waals surface area contributed by atoms with Gasteiger partial charge in [-0.15, -0.1) is 0 Å². The smallest absolute Gasteiger partial charge is 0.0346 e. The van der Waals surface area contributed by atoms with Crippen LogP contribution in [0.15, 0.2) is 109 Å². The van der Waals surface area contributed by atoms with Crippen molar-refractivity contribution in [1.29, 1.82) is 0 Å². The molecule has 5 aromatic carbocycles. The number of rotatable bonds is 3. The van der Waals surface area contributed by atoms with Crippen LogP contribution in [0.4, 0.5) is 0 Å². The zero-order valence-electron chi connectivity index (χ0n) is 24.0. The van der Waals surface area contributed by atoms with Crippen LogP contribution in [0.25, 0.3) is 60.1 Å². The van der Waals surface area contributed by atoms with Gasteiger partial charge >= 0.3 is 0 Å². The van der Waals surface area contributed by atoms with Gasteiger partial charge in [-0.3, -0.25) is 4.98 Å². The molecule has 1 aromatic heterocycles. The lowest BCUT2D eigenvalue weighted by atomic mass is 9.79. The molecule has 1 nitrogen and oxygen atoms in total. The third kappa shape index (κ3) is 4.04. The lowest BCUT2D eigenvalue weighted by molar-refractivity contribution is 0.591. The zero-order chi connectivity index (χ0) is 27.6. The highest BCUT2D eigenvalue weighted by Crippen LogP contribution is 2.46. The largest absolute Gasteiger partial charge is 0.264 e. The Kier molecular flexibility index (Phi) is 5.68. The first-order chi connectivity index (χ1) is 19.3. The van der Waals surface area contributed by atoms with E-state index in [1.807, 2.05) is 18.5 Å². The predicted molar refractivity (Wildman–Crippen MR) is 173 cm³/mol. The van der Waals surface area contributed by atoms with Gasteiger partial charge in [-0.05, 0) is 108 Å². The molecule has 0 aliphatic heterocycles. The zero-order valence-corrected chi connectivity index (χ0v) is 24.0. The molecule has 6 aromatic rings. The number of hydrogen-bond donors (Lipinski definition) is 0. The minimum atomic E-state index is 0.101. The van der Waals surface area contributed by atoms with E-state index < -0.39 is 0 Å². The number of nitrogens with zero attached hydrogens (tertiary/aromatic N) is 1. The fraction of sp³-hybridized carbons (Fsp3) is 0.205. The molecule has 0 saturated heterocycles. The van der Waals surface area contributed by atoms with Gasteiger partial charge in [0.15, 0.2) is 0 Å². The van der Waals surface area contributed by atoms with Crippen molar-refractivity contribution in [2.24, 2.45) is 5.92 Å². The molecule has 1 heterocycles. The SMILES string of the molecule is CC1=CC=C(c2cc(-c3ccc(-c4cccnc4)cc3)c3ccc4cc(C(C)(C)C)cc5ccc2c3c54)C(C)C1. The molecule has 0 bridgehead atoms. The number of allylic oxidation sites excluding steroid dienone is 4. The highest BCUT2D eigenvalue weighted by atomic mass is 14.6. The second kappa shape index (κ2) is 9.17. The van der Waals surface area contributed by atoms with Crippen LogP contribution < -0.4 is 0 Å². The van der Waals surface area contributed by atoms with Gasteiger partial charge in [-0.2, -0.15) is 0 Å². The molecule has 0 radical (unpaired) electrons. The van der Waals surface area contributed by atoms with E-state index in [0.717, 1.165) is 12.0 Å². The molecule has 196 valence electrons. The van der Waals surface area contributed by atoms with Crippen LogP contribution in [0, 0.1) is 5.92 Å². The van der Waals surface area contributed by atoms with Gasteiger partial charge in [0.05, 0.1) is 0 Å². The van der Waals surface area contributed by atoms with E-state index in [-0.39, 0.29) is 5.41 Å². The highest BCUT2D eigenvalue weighted by molar-refractivity contribution is 6.27. The van der Waals surface area contributed by atoms with Crippen molar-refractivity contribution < 1.29 is 0 Å². The Morgan fingerprint density at radius 1 is 0.700 bits per heavy atom. The summed E-state index contributed by atoms with van der Waals surface area (Å²) >= 11 is 0. The van der Waals surface area contributed by atoms with Crippen molar-refractivity contribution in [2.45, 2.75) is 46.5 Å². The Balaban J connectivity index is 1.53.